The van der Waals surface area contributed by atoms with E-state index in [9.17, 15) is 0 Å². The molecule has 0 N–H and O–H groups in total. The highest BCUT2D eigenvalue weighted by molar-refractivity contribution is 6.11. The minimum Gasteiger partial charge on any atom is -0.316 e. The smallest absolute Gasteiger partial charge is 0.0780 e. The summed E-state index contributed by atoms with van der Waals surface area (Å²) in [6, 6.07) is 67.3. The lowest BCUT2D eigenvalue weighted by Gasteiger charge is -2.29. The van der Waals surface area contributed by atoms with Crippen molar-refractivity contribution in [2.45, 2.75) is 0 Å². The standard InChI is InChI=1S/C52H34N4/c1-3-13-35(14-4-1)38-24-26-47(54-34-38)40-31-39(43-22-11-15-36-16-12-29-53-51(36)43)32-42(33-40)56-48-23-10-9-20-45(48)44-19-7-8-21-46(44)50-49(56)27-25-37-28-30-55(52(37)50)41-17-5-2-6-18-41/h1-34H. The van der Waals surface area contributed by atoms with Crippen LogP contribution in [0.5, 0.6) is 0 Å². The van der Waals surface area contributed by atoms with Gasteiger partial charge in [0.2, 0.25) is 0 Å². The maximum atomic E-state index is 5.09. The molecule has 3 aromatic heterocycles. The SMILES string of the molecule is c1ccc(-c2ccc(-c3cc(-c4cccc5cccnc45)cc(N4c5ccccc5-c5ccccc5-c5c4ccc4ccn(-c6ccccc6)c54)c3)nc2)cc1. The van der Waals surface area contributed by atoms with Crippen LogP contribution in [-0.4, -0.2) is 14.5 Å². The summed E-state index contributed by atoms with van der Waals surface area (Å²) >= 11 is 0. The first-order valence-electron chi connectivity index (χ1n) is 19.0. The molecule has 0 amide bonds. The predicted octanol–water partition coefficient (Wildman–Crippen LogP) is 13.7. The average molecular weight is 715 g/mol. The minimum absolute atomic E-state index is 0.904. The molecule has 0 saturated heterocycles. The summed E-state index contributed by atoms with van der Waals surface area (Å²) in [6.07, 6.45) is 6.06. The van der Waals surface area contributed by atoms with Crippen molar-refractivity contribution in [3.05, 3.63) is 207 Å². The van der Waals surface area contributed by atoms with Crippen LogP contribution in [0.25, 0.3) is 83.3 Å². The molecule has 262 valence electrons. The summed E-state index contributed by atoms with van der Waals surface area (Å²) in [5.74, 6) is 0. The van der Waals surface area contributed by atoms with Crippen LogP contribution < -0.4 is 4.90 Å². The summed E-state index contributed by atoms with van der Waals surface area (Å²) in [5, 5.41) is 2.29. The second kappa shape index (κ2) is 13.1. The molecule has 0 fully saturated rings. The van der Waals surface area contributed by atoms with Gasteiger partial charge in [0, 0.05) is 68.6 Å². The number of benzene rings is 7. The molecule has 4 nitrogen and oxygen atoms in total. The third-order valence-corrected chi connectivity index (χ3v) is 11.0. The Kier molecular flexibility index (Phi) is 7.46. The highest BCUT2D eigenvalue weighted by atomic mass is 15.2. The monoisotopic (exact) mass is 714 g/mol. The Labute approximate surface area is 325 Å². The molecule has 7 aromatic carbocycles. The first-order valence-corrected chi connectivity index (χ1v) is 19.0. The topological polar surface area (TPSA) is 34.0 Å². The van der Waals surface area contributed by atoms with E-state index >= 15 is 0 Å². The Morgan fingerprint density at radius 3 is 1.96 bits per heavy atom. The number of hydrogen-bond acceptors (Lipinski definition) is 3. The quantitative estimate of drug-likeness (QED) is 0.178. The number of pyridine rings is 2. The number of fused-ring (bicyclic) bond motifs is 8. The molecule has 4 heterocycles. The van der Waals surface area contributed by atoms with Gasteiger partial charge >= 0.3 is 0 Å². The largest absolute Gasteiger partial charge is 0.316 e. The van der Waals surface area contributed by atoms with Gasteiger partial charge in [0.1, 0.15) is 0 Å². The summed E-state index contributed by atoms with van der Waals surface area (Å²) in [4.78, 5) is 12.4. The number of anilines is 3. The van der Waals surface area contributed by atoms with Crippen molar-refractivity contribution in [2.24, 2.45) is 0 Å². The zero-order chi connectivity index (χ0) is 37.0. The van der Waals surface area contributed by atoms with Gasteiger partial charge in [-0.15, -0.1) is 0 Å². The van der Waals surface area contributed by atoms with Crippen LogP contribution in [0.4, 0.5) is 17.1 Å². The lowest BCUT2D eigenvalue weighted by atomic mass is 9.93. The van der Waals surface area contributed by atoms with Crippen molar-refractivity contribution < 1.29 is 0 Å². The molecular weight excluding hydrogens is 681 g/mol. The molecule has 0 aliphatic carbocycles. The predicted molar refractivity (Wildman–Crippen MR) is 232 cm³/mol. The molecule has 56 heavy (non-hydrogen) atoms. The minimum atomic E-state index is 0.904. The van der Waals surface area contributed by atoms with Crippen molar-refractivity contribution >= 4 is 38.9 Å². The van der Waals surface area contributed by atoms with E-state index in [0.717, 1.165) is 67.2 Å². The van der Waals surface area contributed by atoms with Crippen molar-refractivity contribution in [1.82, 2.24) is 14.5 Å². The molecule has 11 rings (SSSR count). The van der Waals surface area contributed by atoms with E-state index in [1.165, 1.54) is 33.2 Å². The second-order valence-corrected chi connectivity index (χ2v) is 14.3. The molecular formula is C52H34N4. The highest BCUT2D eigenvalue weighted by Gasteiger charge is 2.29. The second-order valence-electron chi connectivity index (χ2n) is 14.3. The van der Waals surface area contributed by atoms with E-state index < -0.39 is 0 Å². The van der Waals surface area contributed by atoms with Gasteiger partial charge in [-0.1, -0.05) is 127 Å². The maximum absolute atomic E-state index is 5.09. The summed E-state index contributed by atoms with van der Waals surface area (Å²) in [5.41, 5.74) is 17.6. The van der Waals surface area contributed by atoms with Gasteiger partial charge in [0.05, 0.1) is 28.1 Å². The molecule has 0 bridgehead atoms. The maximum Gasteiger partial charge on any atom is 0.0780 e. The van der Waals surface area contributed by atoms with Crippen molar-refractivity contribution in [1.29, 1.82) is 0 Å². The van der Waals surface area contributed by atoms with Gasteiger partial charge in [-0.3, -0.25) is 9.97 Å². The van der Waals surface area contributed by atoms with E-state index in [1.54, 1.807) is 0 Å². The van der Waals surface area contributed by atoms with Crippen molar-refractivity contribution in [2.75, 3.05) is 4.90 Å². The van der Waals surface area contributed by atoms with Gasteiger partial charge in [0.25, 0.3) is 0 Å². The zero-order valence-corrected chi connectivity index (χ0v) is 30.4. The first-order chi connectivity index (χ1) is 27.8. The number of nitrogens with zero attached hydrogens (tertiary/aromatic N) is 4. The van der Waals surface area contributed by atoms with Crippen LogP contribution in [0.3, 0.4) is 0 Å². The van der Waals surface area contributed by atoms with Crippen LogP contribution in [0, 0.1) is 0 Å². The molecule has 0 atom stereocenters. The van der Waals surface area contributed by atoms with E-state index in [2.05, 4.69) is 192 Å². The fraction of sp³-hybridized carbons (Fsp3) is 0. The van der Waals surface area contributed by atoms with Gasteiger partial charge in [0.15, 0.2) is 0 Å². The van der Waals surface area contributed by atoms with Gasteiger partial charge < -0.3 is 9.47 Å². The Hall–Kier alpha value is -7.56. The van der Waals surface area contributed by atoms with Crippen LogP contribution in [0.2, 0.25) is 0 Å². The fourth-order valence-electron chi connectivity index (χ4n) is 8.46. The van der Waals surface area contributed by atoms with Crippen molar-refractivity contribution in [3.8, 4) is 61.5 Å². The van der Waals surface area contributed by atoms with Crippen LogP contribution >= 0.6 is 0 Å². The number of hydrogen-bond donors (Lipinski definition) is 0. The van der Waals surface area contributed by atoms with E-state index in [0.29, 0.717) is 0 Å². The van der Waals surface area contributed by atoms with Crippen molar-refractivity contribution in [3.63, 3.8) is 0 Å². The van der Waals surface area contributed by atoms with E-state index in [1.807, 2.05) is 24.5 Å². The van der Waals surface area contributed by atoms with Gasteiger partial charge in [-0.25, -0.2) is 0 Å². The lowest BCUT2D eigenvalue weighted by Crippen LogP contribution is -2.12. The number of aromatic nitrogens is 3. The fourth-order valence-corrected chi connectivity index (χ4v) is 8.46. The van der Waals surface area contributed by atoms with Gasteiger partial charge in [-0.2, -0.15) is 0 Å². The Morgan fingerprint density at radius 1 is 0.393 bits per heavy atom. The summed E-state index contributed by atoms with van der Waals surface area (Å²) < 4.78 is 2.33. The molecule has 0 unspecified atom stereocenters. The molecule has 0 spiro atoms. The van der Waals surface area contributed by atoms with Crippen LogP contribution in [0.15, 0.2) is 207 Å². The molecule has 10 aromatic rings. The summed E-state index contributed by atoms with van der Waals surface area (Å²) in [6.45, 7) is 0. The molecule has 1 aliphatic rings. The highest BCUT2D eigenvalue weighted by Crippen LogP contribution is 2.53. The number of para-hydroxylation sites is 3. The Balaban J connectivity index is 1.21. The molecule has 4 heteroatoms. The molecule has 1 aliphatic heterocycles. The first kappa shape index (κ1) is 31.9. The van der Waals surface area contributed by atoms with E-state index in [-0.39, 0.29) is 0 Å². The third kappa shape index (κ3) is 5.23. The number of rotatable bonds is 5. The normalized spacial score (nSPS) is 11.9. The Morgan fingerprint density at radius 2 is 1.12 bits per heavy atom. The zero-order valence-electron chi connectivity index (χ0n) is 30.4. The summed E-state index contributed by atoms with van der Waals surface area (Å²) in [7, 11) is 0. The third-order valence-electron chi connectivity index (χ3n) is 11.0. The molecule has 0 radical (unpaired) electrons. The Bertz CT molecular complexity index is 3070. The lowest BCUT2D eigenvalue weighted by molar-refractivity contribution is 1.13. The van der Waals surface area contributed by atoms with Crippen LogP contribution in [0.1, 0.15) is 0 Å². The van der Waals surface area contributed by atoms with Crippen LogP contribution in [-0.2, 0) is 0 Å². The molecule has 0 saturated carbocycles. The van der Waals surface area contributed by atoms with Gasteiger partial charge in [-0.05, 0) is 82.9 Å². The van der Waals surface area contributed by atoms with E-state index in [4.69, 9.17) is 9.97 Å². The average Bonchev–Trinajstić information content (AvgIpc) is 3.66.